The lowest BCUT2D eigenvalue weighted by Gasteiger charge is -2.41. The standard InChI is InChI=1S/C20H20FN3O2/c21-17-9-16(17)20(26)23-10-14-4-5-15(11-23)24(14)19(25)13-3-6-18-12(8-13)2-1-7-22-18/h1-3,6-8,14-17H,4-5,9-11H2/t14?,15?,16-,17-/m1/s1. The van der Waals surface area contributed by atoms with E-state index in [1.807, 2.05) is 35.2 Å². The van der Waals surface area contributed by atoms with Crippen LogP contribution in [-0.4, -0.2) is 57.9 Å². The van der Waals surface area contributed by atoms with E-state index >= 15 is 0 Å². The number of carbonyl (C=O) groups excluding carboxylic acids is 2. The van der Waals surface area contributed by atoms with Gasteiger partial charge in [0, 0.05) is 30.2 Å². The van der Waals surface area contributed by atoms with Crippen LogP contribution in [0.5, 0.6) is 0 Å². The van der Waals surface area contributed by atoms with Crippen molar-refractivity contribution in [2.45, 2.75) is 37.5 Å². The van der Waals surface area contributed by atoms with Gasteiger partial charge < -0.3 is 9.80 Å². The van der Waals surface area contributed by atoms with E-state index in [1.54, 1.807) is 11.1 Å². The molecule has 0 spiro atoms. The quantitative estimate of drug-likeness (QED) is 0.833. The number of rotatable bonds is 2. The number of piperazine rings is 1. The predicted molar refractivity (Wildman–Crippen MR) is 94.3 cm³/mol. The van der Waals surface area contributed by atoms with Gasteiger partial charge in [-0.05, 0) is 43.5 Å². The van der Waals surface area contributed by atoms with Crippen LogP contribution in [0.2, 0.25) is 0 Å². The van der Waals surface area contributed by atoms with Crippen LogP contribution in [0.1, 0.15) is 29.6 Å². The normalized spacial score (nSPS) is 29.9. The summed E-state index contributed by atoms with van der Waals surface area (Å²) in [4.78, 5) is 33.5. The molecule has 2 unspecified atom stereocenters. The van der Waals surface area contributed by atoms with Crippen LogP contribution in [0.3, 0.4) is 0 Å². The van der Waals surface area contributed by atoms with Crippen molar-refractivity contribution >= 4 is 22.7 Å². The number of benzene rings is 1. The molecule has 5 nitrogen and oxygen atoms in total. The molecule has 1 aromatic carbocycles. The fourth-order valence-corrected chi connectivity index (χ4v) is 4.43. The van der Waals surface area contributed by atoms with Crippen molar-refractivity contribution in [1.29, 1.82) is 0 Å². The van der Waals surface area contributed by atoms with E-state index in [4.69, 9.17) is 0 Å². The van der Waals surface area contributed by atoms with E-state index in [-0.39, 0.29) is 23.9 Å². The topological polar surface area (TPSA) is 53.5 Å². The SMILES string of the molecule is O=C([C@@H]1C[C@H]1F)N1CC2CCC(C1)N2C(=O)c1ccc2ncccc2c1. The van der Waals surface area contributed by atoms with Crippen molar-refractivity contribution < 1.29 is 14.0 Å². The van der Waals surface area contributed by atoms with Gasteiger partial charge in [0.1, 0.15) is 6.17 Å². The van der Waals surface area contributed by atoms with E-state index in [2.05, 4.69) is 4.98 Å². The van der Waals surface area contributed by atoms with Crippen molar-refractivity contribution in [2.24, 2.45) is 5.92 Å². The second kappa shape index (κ2) is 5.76. The lowest BCUT2D eigenvalue weighted by molar-refractivity contribution is -0.135. The third-order valence-corrected chi connectivity index (χ3v) is 5.91. The zero-order valence-electron chi connectivity index (χ0n) is 14.3. The third-order valence-electron chi connectivity index (χ3n) is 5.91. The summed E-state index contributed by atoms with van der Waals surface area (Å²) >= 11 is 0. The maximum atomic E-state index is 13.2. The van der Waals surface area contributed by atoms with Gasteiger partial charge in [0.05, 0.1) is 23.5 Å². The van der Waals surface area contributed by atoms with Crippen LogP contribution in [-0.2, 0) is 4.79 Å². The van der Waals surface area contributed by atoms with E-state index < -0.39 is 12.1 Å². The summed E-state index contributed by atoms with van der Waals surface area (Å²) in [5, 5.41) is 0.947. The van der Waals surface area contributed by atoms with Crippen molar-refractivity contribution in [1.82, 2.24) is 14.8 Å². The summed E-state index contributed by atoms with van der Waals surface area (Å²) in [6.45, 7) is 1.05. The van der Waals surface area contributed by atoms with Gasteiger partial charge in [-0.3, -0.25) is 14.6 Å². The average Bonchev–Trinajstić information content (AvgIpc) is 3.34. The number of likely N-dealkylation sites (tertiary alicyclic amines) is 1. The fourth-order valence-electron chi connectivity index (χ4n) is 4.43. The highest BCUT2D eigenvalue weighted by Crippen LogP contribution is 2.38. The number of amides is 2. The Bertz CT molecular complexity index is 888. The summed E-state index contributed by atoms with van der Waals surface area (Å²) < 4.78 is 13.2. The Morgan fingerprint density at radius 2 is 1.85 bits per heavy atom. The molecule has 0 N–H and O–H groups in total. The summed E-state index contributed by atoms with van der Waals surface area (Å²) in [6.07, 6.45) is 2.93. The molecule has 3 heterocycles. The zero-order chi connectivity index (χ0) is 17.8. The maximum Gasteiger partial charge on any atom is 0.254 e. The number of hydrogen-bond donors (Lipinski definition) is 0. The number of carbonyl (C=O) groups is 2. The van der Waals surface area contributed by atoms with Crippen LogP contribution < -0.4 is 0 Å². The number of pyridine rings is 1. The minimum absolute atomic E-state index is 0.0187. The average molecular weight is 353 g/mol. The summed E-state index contributed by atoms with van der Waals surface area (Å²) in [6, 6.07) is 9.47. The van der Waals surface area contributed by atoms with Gasteiger partial charge in [-0.1, -0.05) is 6.07 Å². The molecule has 134 valence electrons. The molecule has 1 aromatic heterocycles. The molecule has 3 fully saturated rings. The number of halogens is 1. The van der Waals surface area contributed by atoms with Gasteiger partial charge in [0.25, 0.3) is 5.91 Å². The van der Waals surface area contributed by atoms with E-state index in [1.165, 1.54) is 0 Å². The molecule has 2 aliphatic heterocycles. The number of aromatic nitrogens is 1. The Kier molecular flexibility index (Phi) is 3.48. The molecule has 2 bridgehead atoms. The Hall–Kier alpha value is -2.50. The van der Waals surface area contributed by atoms with Crippen molar-refractivity contribution in [3.05, 3.63) is 42.1 Å². The van der Waals surface area contributed by atoms with E-state index in [0.717, 1.165) is 23.7 Å². The first-order chi connectivity index (χ1) is 12.6. The minimum Gasteiger partial charge on any atom is -0.338 e. The lowest BCUT2D eigenvalue weighted by atomic mass is 10.1. The Morgan fingerprint density at radius 3 is 2.54 bits per heavy atom. The number of fused-ring (bicyclic) bond motifs is 3. The second-order valence-electron chi connectivity index (χ2n) is 7.61. The number of alkyl halides is 1. The summed E-state index contributed by atoms with van der Waals surface area (Å²) in [5.74, 6) is -0.493. The molecule has 2 aromatic rings. The van der Waals surface area contributed by atoms with Gasteiger partial charge in [-0.15, -0.1) is 0 Å². The van der Waals surface area contributed by atoms with Crippen LogP contribution in [0.15, 0.2) is 36.5 Å². The smallest absolute Gasteiger partial charge is 0.254 e. The Labute approximate surface area is 150 Å². The first kappa shape index (κ1) is 15.7. The Morgan fingerprint density at radius 1 is 1.12 bits per heavy atom. The maximum absolute atomic E-state index is 13.2. The predicted octanol–water partition coefficient (Wildman–Crippen LogP) is 2.41. The van der Waals surface area contributed by atoms with E-state index in [9.17, 15) is 14.0 Å². The molecular formula is C20H20FN3O2. The minimum atomic E-state index is -0.967. The molecule has 3 aliphatic rings. The highest BCUT2D eigenvalue weighted by molar-refractivity contribution is 5.98. The van der Waals surface area contributed by atoms with Crippen molar-refractivity contribution in [2.75, 3.05) is 13.1 Å². The summed E-state index contributed by atoms with van der Waals surface area (Å²) in [7, 11) is 0. The third kappa shape index (κ3) is 2.47. The molecule has 0 radical (unpaired) electrons. The van der Waals surface area contributed by atoms with E-state index in [0.29, 0.717) is 25.1 Å². The molecule has 1 aliphatic carbocycles. The Balaban J connectivity index is 1.37. The van der Waals surface area contributed by atoms with Gasteiger partial charge >= 0.3 is 0 Å². The van der Waals surface area contributed by atoms with Gasteiger partial charge in [-0.25, -0.2) is 4.39 Å². The molecule has 4 atom stereocenters. The first-order valence-corrected chi connectivity index (χ1v) is 9.22. The van der Waals surface area contributed by atoms with Crippen LogP contribution in [0.4, 0.5) is 4.39 Å². The monoisotopic (exact) mass is 353 g/mol. The number of nitrogens with zero attached hydrogens (tertiary/aromatic N) is 3. The first-order valence-electron chi connectivity index (χ1n) is 9.22. The van der Waals surface area contributed by atoms with Gasteiger partial charge in [0.2, 0.25) is 5.91 Å². The zero-order valence-corrected chi connectivity index (χ0v) is 14.3. The van der Waals surface area contributed by atoms with Crippen molar-refractivity contribution in [3.63, 3.8) is 0 Å². The number of hydrogen-bond acceptors (Lipinski definition) is 3. The van der Waals surface area contributed by atoms with Gasteiger partial charge in [0.15, 0.2) is 0 Å². The molecule has 6 heteroatoms. The lowest BCUT2D eigenvalue weighted by Crippen LogP contribution is -2.57. The molecule has 5 rings (SSSR count). The molecule has 2 amide bonds. The molecule has 2 saturated heterocycles. The van der Waals surface area contributed by atoms with Crippen LogP contribution in [0, 0.1) is 5.92 Å². The van der Waals surface area contributed by atoms with Gasteiger partial charge in [-0.2, -0.15) is 0 Å². The molecular weight excluding hydrogens is 333 g/mol. The summed E-state index contributed by atoms with van der Waals surface area (Å²) in [5.41, 5.74) is 1.53. The highest BCUT2D eigenvalue weighted by atomic mass is 19.1. The largest absolute Gasteiger partial charge is 0.338 e. The van der Waals surface area contributed by atoms with Crippen molar-refractivity contribution in [3.8, 4) is 0 Å². The van der Waals surface area contributed by atoms with Crippen LogP contribution >= 0.6 is 0 Å². The van der Waals surface area contributed by atoms with Crippen LogP contribution in [0.25, 0.3) is 10.9 Å². The molecule has 26 heavy (non-hydrogen) atoms. The highest BCUT2D eigenvalue weighted by Gasteiger charge is 2.50. The fraction of sp³-hybridized carbons (Fsp3) is 0.450. The molecule has 1 saturated carbocycles. The second-order valence-corrected chi connectivity index (χ2v) is 7.61.